The van der Waals surface area contributed by atoms with Crippen LogP contribution >= 0.6 is 0 Å². The Bertz CT molecular complexity index is 156. The number of carbonyl (C=O) groups is 1. The molecule has 0 aromatic heterocycles. The maximum absolute atomic E-state index is 11.3. The molecule has 1 nitrogen and oxygen atoms in total. The summed E-state index contributed by atoms with van der Waals surface area (Å²) in [4.78, 5) is 11.3. The molecule has 0 atom stereocenters. The van der Waals surface area contributed by atoms with Crippen molar-refractivity contribution >= 4 is 5.78 Å². The minimum absolute atomic E-state index is 0.314. The molecule has 0 rings (SSSR count). The van der Waals surface area contributed by atoms with E-state index in [-0.39, 0.29) is 0 Å². The molecule has 0 aromatic rings. The number of carbonyl (C=O) groups excluding carboxylic acids is 1. The Labute approximate surface area is 75.9 Å². The summed E-state index contributed by atoms with van der Waals surface area (Å²) in [6, 6.07) is 0. The second-order valence-corrected chi connectivity index (χ2v) is 3.20. The van der Waals surface area contributed by atoms with E-state index in [0.29, 0.717) is 12.2 Å². The quantitative estimate of drug-likeness (QED) is 0.438. The molecule has 0 bridgehead atoms. The van der Waals surface area contributed by atoms with Gasteiger partial charge in [-0.3, -0.25) is 4.79 Å². The standard InChI is InChI=1S/C11H20O/c1-4-6-7-9-10(3)11(12)8-5-2/h9H,4-8H2,1-3H3. The van der Waals surface area contributed by atoms with E-state index in [1.54, 1.807) is 0 Å². The Balaban J connectivity index is 3.74. The highest BCUT2D eigenvalue weighted by atomic mass is 16.1. The Morgan fingerprint density at radius 2 is 1.92 bits per heavy atom. The van der Waals surface area contributed by atoms with Gasteiger partial charge < -0.3 is 0 Å². The van der Waals surface area contributed by atoms with Crippen LogP contribution < -0.4 is 0 Å². The number of rotatable bonds is 6. The topological polar surface area (TPSA) is 17.1 Å². The summed E-state index contributed by atoms with van der Waals surface area (Å²) in [6.45, 7) is 6.13. The van der Waals surface area contributed by atoms with Crippen molar-refractivity contribution in [1.82, 2.24) is 0 Å². The molecular weight excluding hydrogens is 148 g/mol. The molecule has 0 fully saturated rings. The van der Waals surface area contributed by atoms with Crippen molar-refractivity contribution in [2.45, 2.75) is 52.9 Å². The van der Waals surface area contributed by atoms with Gasteiger partial charge in [-0.05, 0) is 25.3 Å². The van der Waals surface area contributed by atoms with Gasteiger partial charge in [0.15, 0.2) is 5.78 Å². The normalized spacial score (nSPS) is 11.8. The molecule has 0 saturated carbocycles. The van der Waals surface area contributed by atoms with Gasteiger partial charge in [-0.1, -0.05) is 32.8 Å². The molecule has 12 heavy (non-hydrogen) atoms. The van der Waals surface area contributed by atoms with Crippen LogP contribution in [-0.2, 0) is 4.79 Å². The number of allylic oxidation sites excluding steroid dienone is 2. The Hall–Kier alpha value is -0.590. The molecule has 0 radical (unpaired) electrons. The van der Waals surface area contributed by atoms with E-state index < -0.39 is 0 Å². The zero-order valence-electron chi connectivity index (χ0n) is 8.52. The van der Waals surface area contributed by atoms with Crippen LogP contribution in [0.2, 0.25) is 0 Å². The van der Waals surface area contributed by atoms with Gasteiger partial charge in [-0.25, -0.2) is 0 Å². The summed E-state index contributed by atoms with van der Waals surface area (Å²) in [5.41, 5.74) is 0.949. The van der Waals surface area contributed by atoms with Gasteiger partial charge in [-0.15, -0.1) is 0 Å². The maximum Gasteiger partial charge on any atom is 0.158 e. The third-order valence-corrected chi connectivity index (χ3v) is 1.93. The Kier molecular flexibility index (Phi) is 6.73. The second-order valence-electron chi connectivity index (χ2n) is 3.20. The lowest BCUT2D eigenvalue weighted by molar-refractivity contribution is -0.115. The highest BCUT2D eigenvalue weighted by Crippen LogP contribution is 2.05. The largest absolute Gasteiger partial charge is 0.295 e. The van der Waals surface area contributed by atoms with Crippen LogP contribution in [0.25, 0.3) is 0 Å². The lowest BCUT2D eigenvalue weighted by Gasteiger charge is -1.98. The van der Waals surface area contributed by atoms with Gasteiger partial charge >= 0.3 is 0 Å². The number of hydrogen-bond acceptors (Lipinski definition) is 1. The summed E-state index contributed by atoms with van der Waals surface area (Å²) < 4.78 is 0. The van der Waals surface area contributed by atoms with Crippen molar-refractivity contribution in [1.29, 1.82) is 0 Å². The molecule has 1 heteroatoms. The van der Waals surface area contributed by atoms with Crippen molar-refractivity contribution in [3.8, 4) is 0 Å². The fourth-order valence-corrected chi connectivity index (χ4v) is 1.06. The lowest BCUT2D eigenvalue weighted by atomic mass is 10.1. The predicted molar refractivity (Wildman–Crippen MR) is 53.2 cm³/mol. The first-order valence-corrected chi connectivity index (χ1v) is 4.92. The average Bonchev–Trinajstić information content (AvgIpc) is 2.05. The van der Waals surface area contributed by atoms with Crippen LogP contribution in [0.15, 0.2) is 11.6 Å². The summed E-state index contributed by atoms with van der Waals surface area (Å²) in [6.07, 6.45) is 7.17. The van der Waals surface area contributed by atoms with Gasteiger partial charge in [-0.2, -0.15) is 0 Å². The highest BCUT2D eigenvalue weighted by Gasteiger charge is 2.00. The van der Waals surface area contributed by atoms with Crippen LogP contribution in [0.3, 0.4) is 0 Å². The first-order valence-electron chi connectivity index (χ1n) is 4.92. The molecule has 0 aromatic carbocycles. The van der Waals surface area contributed by atoms with Crippen molar-refractivity contribution in [2.24, 2.45) is 0 Å². The number of ketones is 1. The van der Waals surface area contributed by atoms with Crippen LogP contribution in [0.5, 0.6) is 0 Å². The van der Waals surface area contributed by atoms with Crippen LogP contribution in [0.4, 0.5) is 0 Å². The summed E-state index contributed by atoms with van der Waals surface area (Å²) >= 11 is 0. The number of hydrogen-bond donors (Lipinski definition) is 0. The third kappa shape index (κ3) is 5.11. The zero-order valence-corrected chi connectivity index (χ0v) is 8.52. The summed E-state index contributed by atoms with van der Waals surface area (Å²) in [5.74, 6) is 0.314. The second kappa shape index (κ2) is 7.08. The minimum Gasteiger partial charge on any atom is -0.295 e. The van der Waals surface area contributed by atoms with E-state index in [9.17, 15) is 4.79 Å². The van der Waals surface area contributed by atoms with Gasteiger partial charge in [0.25, 0.3) is 0 Å². The van der Waals surface area contributed by atoms with E-state index >= 15 is 0 Å². The minimum atomic E-state index is 0.314. The number of Topliss-reactive ketones (excluding diaryl/α,β-unsaturated/α-hetero) is 1. The van der Waals surface area contributed by atoms with E-state index in [2.05, 4.69) is 13.0 Å². The molecule has 0 aliphatic heterocycles. The van der Waals surface area contributed by atoms with Gasteiger partial charge in [0.05, 0.1) is 0 Å². The first kappa shape index (κ1) is 11.4. The molecule has 0 unspecified atom stereocenters. The van der Waals surface area contributed by atoms with Gasteiger partial charge in [0.2, 0.25) is 0 Å². The van der Waals surface area contributed by atoms with Crippen LogP contribution in [-0.4, -0.2) is 5.78 Å². The van der Waals surface area contributed by atoms with E-state index in [4.69, 9.17) is 0 Å². The molecule has 0 saturated heterocycles. The van der Waals surface area contributed by atoms with E-state index in [1.807, 2.05) is 13.8 Å². The van der Waals surface area contributed by atoms with Crippen molar-refractivity contribution in [3.63, 3.8) is 0 Å². The highest BCUT2D eigenvalue weighted by molar-refractivity contribution is 5.94. The Morgan fingerprint density at radius 1 is 1.25 bits per heavy atom. The fraction of sp³-hybridized carbons (Fsp3) is 0.727. The monoisotopic (exact) mass is 168 g/mol. The molecule has 0 amide bonds. The Morgan fingerprint density at radius 3 is 2.42 bits per heavy atom. The maximum atomic E-state index is 11.3. The van der Waals surface area contributed by atoms with Crippen molar-refractivity contribution < 1.29 is 4.79 Å². The molecule has 0 heterocycles. The molecular formula is C11H20O. The zero-order chi connectivity index (χ0) is 9.40. The number of unbranched alkanes of at least 4 members (excludes halogenated alkanes) is 2. The first-order chi connectivity index (χ1) is 5.72. The summed E-state index contributed by atoms with van der Waals surface area (Å²) in [7, 11) is 0. The van der Waals surface area contributed by atoms with Gasteiger partial charge in [0, 0.05) is 6.42 Å². The third-order valence-electron chi connectivity index (χ3n) is 1.93. The molecule has 0 N–H and O–H groups in total. The van der Waals surface area contributed by atoms with Crippen molar-refractivity contribution in [2.75, 3.05) is 0 Å². The lowest BCUT2D eigenvalue weighted by Crippen LogP contribution is -1.97. The van der Waals surface area contributed by atoms with Crippen LogP contribution in [0, 0.1) is 0 Å². The SMILES string of the molecule is CCCCC=C(C)C(=O)CCC. The van der Waals surface area contributed by atoms with Crippen LogP contribution in [0.1, 0.15) is 52.9 Å². The molecule has 0 spiro atoms. The predicted octanol–water partition coefficient (Wildman–Crippen LogP) is 3.49. The molecule has 0 aliphatic carbocycles. The molecule has 0 aliphatic rings. The molecule has 70 valence electrons. The van der Waals surface area contributed by atoms with E-state index in [0.717, 1.165) is 18.4 Å². The van der Waals surface area contributed by atoms with Gasteiger partial charge in [0.1, 0.15) is 0 Å². The fourth-order valence-electron chi connectivity index (χ4n) is 1.06. The van der Waals surface area contributed by atoms with Crippen molar-refractivity contribution in [3.05, 3.63) is 11.6 Å². The smallest absolute Gasteiger partial charge is 0.158 e. The summed E-state index contributed by atoms with van der Waals surface area (Å²) in [5, 5.41) is 0. The average molecular weight is 168 g/mol. The van der Waals surface area contributed by atoms with E-state index in [1.165, 1.54) is 12.8 Å².